The highest BCUT2D eigenvalue weighted by Gasteiger charge is 2.71. The van der Waals surface area contributed by atoms with Crippen LogP contribution in [0.2, 0.25) is 0 Å². The van der Waals surface area contributed by atoms with Crippen LogP contribution in [0.1, 0.15) is 12.8 Å². The highest BCUT2D eigenvalue weighted by Crippen LogP contribution is 2.51. The quantitative estimate of drug-likeness (QED) is 0.281. The number of carboxylic acid groups (broad SMARTS) is 1. The molecule has 0 spiro atoms. The number of fused-ring (bicyclic) bond motifs is 1. The molecule has 0 aromatic heterocycles. The molecule has 24 heavy (non-hydrogen) atoms. The smallest absolute Gasteiger partial charge is 0.330 e. The molecule has 0 aliphatic carbocycles. The molecule has 6 atom stereocenters. The summed E-state index contributed by atoms with van der Waals surface area (Å²) in [6, 6.07) is 0. The zero-order chi connectivity index (χ0) is 17.4. The first-order chi connectivity index (χ1) is 11.4. The first kappa shape index (κ1) is 16.4. The van der Waals surface area contributed by atoms with Crippen LogP contribution in [-0.2, 0) is 38.1 Å². The van der Waals surface area contributed by atoms with Gasteiger partial charge in [0.05, 0.1) is 6.61 Å². The lowest BCUT2D eigenvalue weighted by molar-refractivity contribution is -0.162. The molecule has 3 heterocycles. The second-order valence-corrected chi connectivity index (χ2v) is 5.79. The van der Waals surface area contributed by atoms with Crippen molar-refractivity contribution in [1.29, 1.82) is 0 Å². The summed E-state index contributed by atoms with van der Waals surface area (Å²) in [5, 5.41) is 9.29. The van der Waals surface area contributed by atoms with Gasteiger partial charge in [-0.2, -0.15) is 0 Å². The summed E-state index contributed by atoms with van der Waals surface area (Å²) in [4.78, 5) is 45.9. The largest absolute Gasteiger partial charge is 0.481 e. The Morgan fingerprint density at radius 3 is 2.67 bits per heavy atom. The minimum Gasteiger partial charge on any atom is -0.481 e. The van der Waals surface area contributed by atoms with Crippen LogP contribution in [0.3, 0.4) is 0 Å². The van der Waals surface area contributed by atoms with E-state index < -0.39 is 60.1 Å². The second kappa shape index (κ2) is 6.23. The van der Waals surface area contributed by atoms with Gasteiger partial charge in [-0.1, -0.05) is 6.58 Å². The summed E-state index contributed by atoms with van der Waals surface area (Å²) in [6.45, 7) is 3.28. The summed E-state index contributed by atoms with van der Waals surface area (Å²) in [6.07, 6.45) is -2.03. The van der Waals surface area contributed by atoms with Crippen LogP contribution in [0.4, 0.5) is 0 Å². The van der Waals surface area contributed by atoms with Crippen molar-refractivity contribution < 1.29 is 43.2 Å². The number of carbonyl (C=O) groups is 4. The van der Waals surface area contributed by atoms with E-state index in [-0.39, 0.29) is 19.4 Å². The second-order valence-electron chi connectivity index (χ2n) is 5.79. The summed E-state index contributed by atoms with van der Waals surface area (Å²) in [5.74, 6) is -4.91. The third kappa shape index (κ3) is 2.64. The van der Waals surface area contributed by atoms with Gasteiger partial charge in [0.15, 0.2) is 12.2 Å². The first-order valence-corrected chi connectivity index (χ1v) is 7.51. The molecule has 6 unspecified atom stereocenters. The maximum atomic E-state index is 11.9. The standard InChI is InChI=1S/C15H16O9/c1-2-6(16)21-5-3-4-7(17)22-12-10-8(14(18)19)9-11(23-10)13(12)24-15(9)20/h2,8-13H,1,3-5H2,(H,18,19). The third-order valence-corrected chi connectivity index (χ3v) is 4.39. The summed E-state index contributed by atoms with van der Waals surface area (Å²) in [5.41, 5.74) is 0. The highest BCUT2D eigenvalue weighted by atomic mass is 16.7. The maximum Gasteiger partial charge on any atom is 0.330 e. The molecule has 0 radical (unpaired) electrons. The lowest BCUT2D eigenvalue weighted by Gasteiger charge is -2.26. The Bertz CT molecular complexity index is 598. The monoisotopic (exact) mass is 340 g/mol. The molecule has 0 aromatic carbocycles. The molecule has 0 aromatic rings. The number of hydrogen-bond donors (Lipinski definition) is 1. The van der Waals surface area contributed by atoms with Crippen molar-refractivity contribution >= 4 is 23.9 Å². The lowest BCUT2D eigenvalue weighted by atomic mass is 9.78. The number of esters is 3. The van der Waals surface area contributed by atoms with Gasteiger partial charge in [-0.3, -0.25) is 14.4 Å². The molecule has 2 bridgehead atoms. The lowest BCUT2D eigenvalue weighted by Crippen LogP contribution is -2.47. The highest BCUT2D eigenvalue weighted by molar-refractivity contribution is 5.86. The zero-order valence-electron chi connectivity index (χ0n) is 12.6. The third-order valence-electron chi connectivity index (χ3n) is 4.39. The fourth-order valence-corrected chi connectivity index (χ4v) is 3.41. The molecule has 9 heteroatoms. The van der Waals surface area contributed by atoms with E-state index in [2.05, 4.69) is 6.58 Å². The van der Waals surface area contributed by atoms with Gasteiger partial charge < -0.3 is 24.1 Å². The van der Waals surface area contributed by atoms with Crippen molar-refractivity contribution in [1.82, 2.24) is 0 Å². The Morgan fingerprint density at radius 2 is 2.00 bits per heavy atom. The molecule has 3 aliphatic rings. The predicted octanol–water partition coefficient (Wildman–Crippen LogP) is -0.569. The Kier molecular flexibility index (Phi) is 4.27. The van der Waals surface area contributed by atoms with Crippen molar-refractivity contribution in [2.24, 2.45) is 11.8 Å². The van der Waals surface area contributed by atoms with E-state index in [4.69, 9.17) is 18.9 Å². The van der Waals surface area contributed by atoms with Crippen LogP contribution in [0.15, 0.2) is 12.7 Å². The molecule has 3 fully saturated rings. The van der Waals surface area contributed by atoms with Crippen LogP contribution in [0, 0.1) is 11.8 Å². The van der Waals surface area contributed by atoms with Gasteiger partial charge in [0.25, 0.3) is 0 Å². The maximum absolute atomic E-state index is 11.9. The average Bonchev–Trinajstić information content (AvgIpc) is 3.14. The predicted molar refractivity (Wildman–Crippen MR) is 73.4 cm³/mol. The van der Waals surface area contributed by atoms with Crippen LogP contribution in [-0.4, -0.2) is 60.0 Å². The Morgan fingerprint density at radius 1 is 1.25 bits per heavy atom. The molecule has 0 saturated carbocycles. The number of carbonyl (C=O) groups excluding carboxylic acids is 3. The van der Waals surface area contributed by atoms with Crippen LogP contribution >= 0.6 is 0 Å². The van der Waals surface area contributed by atoms with E-state index in [1.807, 2.05) is 0 Å². The molecule has 0 amide bonds. The molecule has 3 aliphatic heterocycles. The van der Waals surface area contributed by atoms with Crippen LogP contribution in [0.25, 0.3) is 0 Å². The first-order valence-electron chi connectivity index (χ1n) is 7.51. The van der Waals surface area contributed by atoms with Gasteiger partial charge >= 0.3 is 23.9 Å². The van der Waals surface area contributed by atoms with E-state index in [1.54, 1.807) is 0 Å². The van der Waals surface area contributed by atoms with Crippen molar-refractivity contribution in [3.8, 4) is 0 Å². The number of rotatable bonds is 7. The minimum absolute atomic E-state index is 0.0276. The normalized spacial score (nSPS) is 35.4. The average molecular weight is 340 g/mol. The van der Waals surface area contributed by atoms with E-state index in [0.29, 0.717) is 0 Å². The summed E-state index contributed by atoms with van der Waals surface area (Å²) < 4.78 is 20.6. The molecular formula is C15H16O9. The van der Waals surface area contributed by atoms with E-state index >= 15 is 0 Å². The molecule has 1 N–H and O–H groups in total. The van der Waals surface area contributed by atoms with Gasteiger partial charge in [-0.15, -0.1) is 0 Å². The fourth-order valence-electron chi connectivity index (χ4n) is 3.41. The zero-order valence-corrected chi connectivity index (χ0v) is 12.6. The van der Waals surface area contributed by atoms with Crippen LogP contribution in [0.5, 0.6) is 0 Å². The van der Waals surface area contributed by atoms with Gasteiger partial charge in [0, 0.05) is 12.5 Å². The topological polar surface area (TPSA) is 125 Å². The molecular weight excluding hydrogens is 324 g/mol. The van der Waals surface area contributed by atoms with Gasteiger partial charge in [-0.05, 0) is 6.42 Å². The Hall–Kier alpha value is -2.42. The van der Waals surface area contributed by atoms with Crippen molar-refractivity contribution in [3.63, 3.8) is 0 Å². The fraction of sp³-hybridized carbons (Fsp3) is 0.600. The van der Waals surface area contributed by atoms with Crippen molar-refractivity contribution in [3.05, 3.63) is 12.7 Å². The number of carboxylic acids is 1. The van der Waals surface area contributed by atoms with E-state index in [1.165, 1.54) is 0 Å². The molecule has 3 rings (SSSR count). The van der Waals surface area contributed by atoms with Gasteiger partial charge in [-0.25, -0.2) is 4.79 Å². The number of ether oxygens (including phenoxy) is 4. The van der Waals surface area contributed by atoms with Crippen molar-refractivity contribution in [2.75, 3.05) is 6.61 Å². The van der Waals surface area contributed by atoms with E-state index in [9.17, 15) is 24.3 Å². The molecule has 130 valence electrons. The van der Waals surface area contributed by atoms with Crippen LogP contribution < -0.4 is 0 Å². The van der Waals surface area contributed by atoms with Gasteiger partial charge in [0.1, 0.15) is 24.0 Å². The SMILES string of the molecule is C=CC(=O)OCCCC(=O)OC1C2OC(=O)C3C2OC1C3C(=O)O. The van der Waals surface area contributed by atoms with E-state index in [0.717, 1.165) is 6.08 Å². The molecule has 9 nitrogen and oxygen atoms in total. The summed E-state index contributed by atoms with van der Waals surface area (Å²) in [7, 11) is 0. The molecule has 3 saturated heterocycles. The van der Waals surface area contributed by atoms with Crippen molar-refractivity contribution in [2.45, 2.75) is 37.3 Å². The number of aliphatic carboxylic acids is 1. The Labute approximate surface area is 136 Å². The number of hydrogen-bond acceptors (Lipinski definition) is 8. The van der Waals surface area contributed by atoms with Gasteiger partial charge in [0.2, 0.25) is 0 Å². The Balaban J connectivity index is 1.55. The summed E-state index contributed by atoms with van der Waals surface area (Å²) >= 11 is 0. The minimum atomic E-state index is -1.18.